The molecule has 1 unspecified atom stereocenters. The Bertz CT molecular complexity index is 919. The first-order valence-electron chi connectivity index (χ1n) is 9.31. The van der Waals surface area contributed by atoms with Gasteiger partial charge in [0.1, 0.15) is 18.4 Å². The Morgan fingerprint density at radius 1 is 1.13 bits per heavy atom. The number of benzene rings is 2. The molecule has 1 amide bonds. The molecule has 0 aromatic heterocycles. The zero-order chi connectivity index (χ0) is 21.3. The van der Waals surface area contributed by atoms with Crippen molar-refractivity contribution < 1.29 is 28.7 Å². The molecule has 0 bridgehead atoms. The van der Waals surface area contributed by atoms with E-state index in [0.29, 0.717) is 23.8 Å². The van der Waals surface area contributed by atoms with Crippen LogP contribution in [0.2, 0.25) is 0 Å². The number of anilines is 1. The van der Waals surface area contributed by atoms with Gasteiger partial charge in [-0.25, -0.2) is 0 Å². The second kappa shape index (κ2) is 10.1. The SMILES string of the molecule is O=C(COC(=O)CCNc1ccccc1[N+](=O)[O-])NCC1COc2ccccc2O1. The molecule has 1 heterocycles. The second-order valence-corrected chi connectivity index (χ2v) is 6.41. The molecule has 0 radical (unpaired) electrons. The highest BCUT2D eigenvalue weighted by Crippen LogP contribution is 2.30. The third-order valence-corrected chi connectivity index (χ3v) is 4.20. The summed E-state index contributed by atoms with van der Waals surface area (Å²) in [6.07, 6.45) is -0.388. The third-order valence-electron chi connectivity index (χ3n) is 4.20. The summed E-state index contributed by atoms with van der Waals surface area (Å²) in [6, 6.07) is 13.4. The summed E-state index contributed by atoms with van der Waals surface area (Å²) in [5, 5.41) is 16.4. The minimum atomic E-state index is -0.595. The van der Waals surface area contributed by atoms with Crippen LogP contribution < -0.4 is 20.1 Å². The van der Waals surface area contributed by atoms with Crippen molar-refractivity contribution in [3.63, 3.8) is 0 Å². The molecule has 2 aromatic rings. The molecule has 2 N–H and O–H groups in total. The molecular weight excluding hydrogens is 394 g/mol. The number of carbonyl (C=O) groups is 2. The van der Waals surface area contributed by atoms with Crippen LogP contribution in [0.1, 0.15) is 6.42 Å². The molecule has 0 fully saturated rings. The van der Waals surface area contributed by atoms with Crippen molar-refractivity contribution in [2.24, 2.45) is 0 Å². The minimum absolute atomic E-state index is 0.0459. The highest BCUT2D eigenvalue weighted by molar-refractivity contribution is 5.80. The Hall–Kier alpha value is -3.82. The van der Waals surface area contributed by atoms with E-state index < -0.39 is 23.4 Å². The van der Waals surface area contributed by atoms with Crippen LogP contribution >= 0.6 is 0 Å². The maximum absolute atomic E-state index is 11.9. The average Bonchev–Trinajstić information content (AvgIpc) is 2.76. The van der Waals surface area contributed by atoms with Crippen LogP contribution in [0, 0.1) is 10.1 Å². The number of ether oxygens (including phenoxy) is 3. The van der Waals surface area contributed by atoms with Crippen LogP contribution in [0.5, 0.6) is 11.5 Å². The Labute approximate surface area is 172 Å². The van der Waals surface area contributed by atoms with Crippen molar-refractivity contribution >= 4 is 23.3 Å². The van der Waals surface area contributed by atoms with Gasteiger partial charge in [-0.3, -0.25) is 19.7 Å². The van der Waals surface area contributed by atoms with Crippen molar-refractivity contribution in [1.29, 1.82) is 0 Å². The number of hydrogen-bond acceptors (Lipinski definition) is 8. The van der Waals surface area contributed by atoms with Crippen molar-refractivity contribution in [3.8, 4) is 11.5 Å². The summed E-state index contributed by atoms with van der Waals surface area (Å²) in [5.41, 5.74) is 0.228. The van der Waals surface area contributed by atoms with E-state index in [2.05, 4.69) is 10.6 Å². The number of rotatable bonds is 9. The van der Waals surface area contributed by atoms with Gasteiger partial charge in [-0.2, -0.15) is 0 Å². The van der Waals surface area contributed by atoms with Gasteiger partial charge in [-0.1, -0.05) is 24.3 Å². The van der Waals surface area contributed by atoms with Crippen LogP contribution in [0.4, 0.5) is 11.4 Å². The Morgan fingerprint density at radius 3 is 2.67 bits per heavy atom. The van der Waals surface area contributed by atoms with Gasteiger partial charge in [0.15, 0.2) is 18.1 Å². The van der Waals surface area contributed by atoms with Crippen LogP contribution in [0.15, 0.2) is 48.5 Å². The van der Waals surface area contributed by atoms with Gasteiger partial charge < -0.3 is 24.8 Å². The molecule has 1 atom stereocenters. The third kappa shape index (κ3) is 5.84. The molecule has 0 aliphatic carbocycles. The fourth-order valence-corrected chi connectivity index (χ4v) is 2.74. The summed E-state index contributed by atoms with van der Waals surface area (Å²) < 4.78 is 16.2. The quantitative estimate of drug-likeness (QED) is 0.361. The van der Waals surface area contributed by atoms with Gasteiger partial charge >= 0.3 is 5.97 Å². The number of amides is 1. The maximum atomic E-state index is 11.9. The average molecular weight is 415 g/mol. The van der Waals surface area contributed by atoms with E-state index in [1.807, 2.05) is 12.1 Å². The number of hydrogen-bond donors (Lipinski definition) is 2. The van der Waals surface area contributed by atoms with Crippen LogP contribution in [0.25, 0.3) is 0 Å². The highest BCUT2D eigenvalue weighted by Gasteiger charge is 2.21. The predicted octanol–water partition coefficient (Wildman–Crippen LogP) is 1.90. The van der Waals surface area contributed by atoms with Gasteiger partial charge in [0, 0.05) is 12.6 Å². The first-order valence-corrected chi connectivity index (χ1v) is 9.31. The Morgan fingerprint density at radius 2 is 1.87 bits per heavy atom. The molecule has 10 nitrogen and oxygen atoms in total. The lowest BCUT2D eigenvalue weighted by Crippen LogP contribution is -2.42. The van der Waals surface area contributed by atoms with E-state index in [4.69, 9.17) is 14.2 Å². The van der Waals surface area contributed by atoms with Crippen LogP contribution in [-0.2, 0) is 14.3 Å². The largest absolute Gasteiger partial charge is 0.486 e. The zero-order valence-electron chi connectivity index (χ0n) is 16.0. The topological polar surface area (TPSA) is 129 Å². The van der Waals surface area contributed by atoms with E-state index in [-0.39, 0.29) is 31.3 Å². The number of carbonyl (C=O) groups excluding carboxylic acids is 2. The van der Waals surface area contributed by atoms with Gasteiger partial charge in [0.05, 0.1) is 17.9 Å². The lowest BCUT2D eigenvalue weighted by Gasteiger charge is -2.26. The molecular formula is C20H21N3O7. The summed E-state index contributed by atoms with van der Waals surface area (Å²) >= 11 is 0. The first-order chi connectivity index (χ1) is 14.5. The monoisotopic (exact) mass is 415 g/mol. The van der Waals surface area contributed by atoms with E-state index in [1.54, 1.807) is 30.3 Å². The molecule has 0 spiro atoms. The molecule has 1 aliphatic heterocycles. The number of fused-ring (bicyclic) bond motifs is 1. The van der Waals surface area contributed by atoms with E-state index in [9.17, 15) is 19.7 Å². The normalized spacial score (nSPS) is 14.5. The van der Waals surface area contributed by atoms with Gasteiger partial charge in [-0.05, 0) is 18.2 Å². The summed E-state index contributed by atoms with van der Waals surface area (Å²) in [6.45, 7) is 0.227. The molecule has 0 saturated carbocycles. The predicted molar refractivity (Wildman–Crippen MR) is 107 cm³/mol. The van der Waals surface area contributed by atoms with Crippen LogP contribution in [0.3, 0.4) is 0 Å². The van der Waals surface area contributed by atoms with E-state index in [1.165, 1.54) is 6.07 Å². The number of nitrogens with zero attached hydrogens (tertiary/aromatic N) is 1. The minimum Gasteiger partial charge on any atom is -0.486 e. The zero-order valence-corrected chi connectivity index (χ0v) is 16.0. The molecule has 30 heavy (non-hydrogen) atoms. The standard InChI is InChI=1S/C20H21N3O7/c24-19(22-11-14-12-28-17-7-3-4-8-18(17)30-14)13-29-20(25)9-10-21-15-5-1-2-6-16(15)23(26)27/h1-8,14,21H,9-13H2,(H,22,24). The van der Waals surface area contributed by atoms with Crippen LogP contribution in [-0.4, -0.2) is 49.2 Å². The first kappa shape index (κ1) is 20.9. The van der Waals surface area contributed by atoms with Crippen molar-refractivity contribution in [2.45, 2.75) is 12.5 Å². The maximum Gasteiger partial charge on any atom is 0.308 e. The van der Waals surface area contributed by atoms with Crippen molar-refractivity contribution in [2.75, 3.05) is 31.6 Å². The molecule has 10 heteroatoms. The van der Waals surface area contributed by atoms with E-state index >= 15 is 0 Å². The lowest BCUT2D eigenvalue weighted by molar-refractivity contribution is -0.384. The van der Waals surface area contributed by atoms with Gasteiger partial charge in [0.25, 0.3) is 11.6 Å². The number of nitrogens with one attached hydrogen (secondary N) is 2. The number of esters is 1. The molecule has 1 aliphatic rings. The molecule has 0 saturated heterocycles. The number of nitro groups is 1. The van der Waals surface area contributed by atoms with Crippen molar-refractivity contribution in [3.05, 3.63) is 58.6 Å². The molecule has 2 aromatic carbocycles. The summed E-state index contributed by atoms with van der Waals surface area (Å²) in [7, 11) is 0. The molecule has 3 rings (SSSR count). The fourth-order valence-electron chi connectivity index (χ4n) is 2.74. The highest BCUT2D eigenvalue weighted by atomic mass is 16.6. The lowest BCUT2D eigenvalue weighted by atomic mass is 10.2. The fraction of sp³-hybridized carbons (Fsp3) is 0.300. The van der Waals surface area contributed by atoms with Gasteiger partial charge in [-0.15, -0.1) is 0 Å². The van der Waals surface area contributed by atoms with Crippen molar-refractivity contribution in [1.82, 2.24) is 5.32 Å². The van der Waals surface area contributed by atoms with E-state index in [0.717, 1.165) is 0 Å². The molecule has 158 valence electrons. The second-order valence-electron chi connectivity index (χ2n) is 6.41. The number of nitro benzene ring substituents is 1. The Balaban J connectivity index is 1.32. The smallest absolute Gasteiger partial charge is 0.308 e. The Kier molecular flexibility index (Phi) is 7.04. The number of para-hydroxylation sites is 4. The summed E-state index contributed by atoms with van der Waals surface area (Å²) in [5.74, 6) is 0.212. The van der Waals surface area contributed by atoms with Gasteiger partial charge in [0.2, 0.25) is 0 Å². The summed E-state index contributed by atoms with van der Waals surface area (Å²) in [4.78, 5) is 34.1.